The van der Waals surface area contributed by atoms with Crippen LogP contribution in [0.3, 0.4) is 0 Å². The number of aromatic nitrogens is 1. The van der Waals surface area contributed by atoms with E-state index in [9.17, 15) is 4.39 Å². The van der Waals surface area contributed by atoms with Gasteiger partial charge in [-0.1, -0.05) is 26.0 Å². The first-order chi connectivity index (χ1) is 10.1. The van der Waals surface area contributed by atoms with Crippen LogP contribution in [0, 0.1) is 18.7 Å². The summed E-state index contributed by atoms with van der Waals surface area (Å²) in [7, 11) is 0. The van der Waals surface area contributed by atoms with Gasteiger partial charge in [0.05, 0.1) is 0 Å². The molecule has 0 spiro atoms. The van der Waals surface area contributed by atoms with Crippen LogP contribution in [0.25, 0.3) is 0 Å². The normalized spacial score (nSPS) is 10.9. The summed E-state index contributed by atoms with van der Waals surface area (Å²) in [6.45, 7) is 7.58. The smallest absolute Gasteiger partial charge is 0.168 e. The molecule has 0 aliphatic heterocycles. The van der Waals surface area contributed by atoms with E-state index < -0.39 is 0 Å². The molecule has 1 aromatic heterocycles. The summed E-state index contributed by atoms with van der Waals surface area (Å²) in [5, 5.41) is 3.34. The molecule has 2 rings (SSSR count). The second-order valence-corrected chi connectivity index (χ2v) is 5.50. The second-order valence-electron chi connectivity index (χ2n) is 5.50. The summed E-state index contributed by atoms with van der Waals surface area (Å²) < 4.78 is 19.7. The maximum atomic E-state index is 14.0. The molecule has 0 fully saturated rings. The fraction of sp³-hybridized carbons (Fsp3) is 0.353. The summed E-state index contributed by atoms with van der Waals surface area (Å²) in [5.74, 6) is 1.12. The minimum atomic E-state index is -0.324. The first kappa shape index (κ1) is 15.4. The number of hydrogen-bond donors (Lipinski definition) is 1. The quantitative estimate of drug-likeness (QED) is 0.870. The standard InChI is InChI=1S/C17H21FN2O/c1-12(2)9-20-11-14-10-19-8-7-15(14)21-16-6-4-5-13(3)17(16)18/h4-8,10,12,20H,9,11H2,1-3H3. The Morgan fingerprint density at radius 1 is 1.24 bits per heavy atom. The van der Waals surface area contributed by atoms with Gasteiger partial charge in [0, 0.05) is 24.5 Å². The van der Waals surface area contributed by atoms with E-state index in [-0.39, 0.29) is 11.6 Å². The molecule has 0 saturated heterocycles. The lowest BCUT2D eigenvalue weighted by Gasteiger charge is -2.13. The van der Waals surface area contributed by atoms with Crippen molar-refractivity contribution in [3.63, 3.8) is 0 Å². The van der Waals surface area contributed by atoms with E-state index in [2.05, 4.69) is 24.1 Å². The van der Waals surface area contributed by atoms with Crippen molar-refractivity contribution in [3.05, 3.63) is 53.6 Å². The van der Waals surface area contributed by atoms with Crippen molar-refractivity contribution in [1.29, 1.82) is 0 Å². The van der Waals surface area contributed by atoms with Crippen molar-refractivity contribution in [2.75, 3.05) is 6.54 Å². The predicted octanol–water partition coefficient (Wildman–Crippen LogP) is 4.07. The lowest BCUT2D eigenvalue weighted by molar-refractivity contribution is 0.431. The predicted molar refractivity (Wildman–Crippen MR) is 82.0 cm³/mol. The Bertz CT molecular complexity index is 599. The fourth-order valence-electron chi connectivity index (χ4n) is 1.96. The lowest BCUT2D eigenvalue weighted by atomic mass is 10.2. The molecule has 112 valence electrons. The van der Waals surface area contributed by atoms with Crippen molar-refractivity contribution in [2.24, 2.45) is 5.92 Å². The molecular weight excluding hydrogens is 267 g/mol. The molecule has 0 amide bonds. The summed E-state index contributed by atoms with van der Waals surface area (Å²) in [4.78, 5) is 4.11. The number of ether oxygens (including phenoxy) is 1. The Morgan fingerprint density at radius 2 is 2.05 bits per heavy atom. The van der Waals surface area contributed by atoms with Crippen molar-refractivity contribution < 1.29 is 9.13 Å². The van der Waals surface area contributed by atoms with E-state index in [4.69, 9.17) is 4.74 Å². The Hall–Kier alpha value is -1.94. The van der Waals surface area contributed by atoms with E-state index in [0.29, 0.717) is 23.8 Å². The van der Waals surface area contributed by atoms with Gasteiger partial charge in [-0.15, -0.1) is 0 Å². The molecule has 0 atom stereocenters. The third-order valence-electron chi connectivity index (χ3n) is 3.10. The fourth-order valence-corrected chi connectivity index (χ4v) is 1.96. The highest BCUT2D eigenvalue weighted by Gasteiger charge is 2.10. The first-order valence-electron chi connectivity index (χ1n) is 7.14. The topological polar surface area (TPSA) is 34.1 Å². The Kier molecular flexibility index (Phi) is 5.28. The van der Waals surface area contributed by atoms with Gasteiger partial charge in [-0.3, -0.25) is 4.98 Å². The molecule has 0 saturated carbocycles. The number of nitrogens with zero attached hydrogens (tertiary/aromatic N) is 1. The second kappa shape index (κ2) is 7.18. The number of nitrogens with one attached hydrogen (secondary N) is 1. The van der Waals surface area contributed by atoms with Gasteiger partial charge < -0.3 is 10.1 Å². The Labute approximate surface area is 125 Å². The monoisotopic (exact) mass is 288 g/mol. The van der Waals surface area contributed by atoms with Crippen LogP contribution in [0.2, 0.25) is 0 Å². The van der Waals surface area contributed by atoms with E-state index in [1.807, 2.05) is 0 Å². The van der Waals surface area contributed by atoms with Gasteiger partial charge in [-0.2, -0.15) is 0 Å². The first-order valence-corrected chi connectivity index (χ1v) is 7.14. The molecule has 1 heterocycles. The Balaban J connectivity index is 2.14. The number of pyridine rings is 1. The zero-order valence-corrected chi connectivity index (χ0v) is 12.7. The van der Waals surface area contributed by atoms with Crippen molar-refractivity contribution in [2.45, 2.75) is 27.3 Å². The summed E-state index contributed by atoms with van der Waals surface area (Å²) >= 11 is 0. The minimum absolute atomic E-state index is 0.242. The maximum absolute atomic E-state index is 14.0. The van der Waals surface area contributed by atoms with Crippen LogP contribution in [0.1, 0.15) is 25.0 Å². The number of rotatable bonds is 6. The summed E-state index contributed by atoms with van der Waals surface area (Å²) in [6, 6.07) is 6.90. The van der Waals surface area contributed by atoms with Crippen molar-refractivity contribution in [3.8, 4) is 11.5 Å². The molecule has 1 N–H and O–H groups in total. The number of benzene rings is 1. The van der Waals surface area contributed by atoms with Crippen LogP contribution in [0.4, 0.5) is 4.39 Å². The molecule has 0 aliphatic carbocycles. The van der Waals surface area contributed by atoms with E-state index in [1.54, 1.807) is 43.6 Å². The van der Waals surface area contributed by atoms with Gasteiger partial charge in [-0.25, -0.2) is 4.39 Å². The zero-order valence-electron chi connectivity index (χ0n) is 12.7. The third-order valence-corrected chi connectivity index (χ3v) is 3.10. The van der Waals surface area contributed by atoms with E-state index in [1.165, 1.54) is 0 Å². The van der Waals surface area contributed by atoms with Crippen LogP contribution in [-0.2, 0) is 6.54 Å². The Morgan fingerprint density at radius 3 is 2.81 bits per heavy atom. The average molecular weight is 288 g/mol. The van der Waals surface area contributed by atoms with Crippen LogP contribution in [0.15, 0.2) is 36.7 Å². The van der Waals surface area contributed by atoms with Crippen LogP contribution in [-0.4, -0.2) is 11.5 Å². The molecular formula is C17H21FN2O. The molecule has 4 heteroatoms. The number of aryl methyl sites for hydroxylation is 1. The largest absolute Gasteiger partial charge is 0.454 e. The van der Waals surface area contributed by atoms with Gasteiger partial charge in [0.2, 0.25) is 0 Å². The van der Waals surface area contributed by atoms with Gasteiger partial charge in [0.25, 0.3) is 0 Å². The highest BCUT2D eigenvalue weighted by Crippen LogP contribution is 2.28. The van der Waals surface area contributed by atoms with Gasteiger partial charge in [0.1, 0.15) is 5.75 Å². The number of hydrogen-bond acceptors (Lipinski definition) is 3. The average Bonchev–Trinajstić information content (AvgIpc) is 2.45. The SMILES string of the molecule is Cc1cccc(Oc2ccncc2CNCC(C)C)c1F. The summed E-state index contributed by atoms with van der Waals surface area (Å²) in [5.41, 5.74) is 1.49. The van der Waals surface area contributed by atoms with Crippen LogP contribution >= 0.6 is 0 Å². The van der Waals surface area contributed by atoms with E-state index in [0.717, 1.165) is 12.1 Å². The van der Waals surface area contributed by atoms with E-state index >= 15 is 0 Å². The highest BCUT2D eigenvalue weighted by atomic mass is 19.1. The zero-order chi connectivity index (χ0) is 15.2. The molecule has 0 bridgehead atoms. The van der Waals surface area contributed by atoms with Gasteiger partial charge in [0.15, 0.2) is 11.6 Å². The minimum Gasteiger partial charge on any atom is -0.454 e. The van der Waals surface area contributed by atoms with Gasteiger partial charge >= 0.3 is 0 Å². The molecule has 0 unspecified atom stereocenters. The van der Waals surface area contributed by atoms with Gasteiger partial charge in [-0.05, 0) is 37.1 Å². The number of halogens is 1. The highest BCUT2D eigenvalue weighted by molar-refractivity contribution is 5.38. The molecule has 1 aromatic carbocycles. The molecule has 0 radical (unpaired) electrons. The third kappa shape index (κ3) is 4.26. The van der Waals surface area contributed by atoms with Crippen LogP contribution in [0.5, 0.6) is 11.5 Å². The van der Waals surface area contributed by atoms with Crippen LogP contribution < -0.4 is 10.1 Å². The van der Waals surface area contributed by atoms with Crippen molar-refractivity contribution in [1.82, 2.24) is 10.3 Å². The molecule has 2 aromatic rings. The maximum Gasteiger partial charge on any atom is 0.168 e. The lowest BCUT2D eigenvalue weighted by Crippen LogP contribution is -2.19. The van der Waals surface area contributed by atoms with Crippen molar-refractivity contribution >= 4 is 0 Å². The summed E-state index contributed by atoms with van der Waals surface area (Å²) in [6.07, 6.45) is 3.39. The molecule has 3 nitrogen and oxygen atoms in total. The molecule has 21 heavy (non-hydrogen) atoms. The molecule has 0 aliphatic rings.